The van der Waals surface area contributed by atoms with Gasteiger partial charge in [0, 0.05) is 13.1 Å². The van der Waals surface area contributed by atoms with Crippen LogP contribution in [-0.4, -0.2) is 24.5 Å². The normalized spacial score (nSPS) is 36.3. The van der Waals surface area contributed by atoms with E-state index in [1.165, 1.54) is 19.5 Å². The van der Waals surface area contributed by atoms with Gasteiger partial charge in [0.1, 0.15) is 0 Å². The summed E-state index contributed by atoms with van der Waals surface area (Å²) in [5, 5.41) is 0. The third-order valence-corrected chi connectivity index (χ3v) is 2.26. The van der Waals surface area contributed by atoms with Crippen LogP contribution in [-0.2, 0) is 0 Å². The fourth-order valence-electron chi connectivity index (χ4n) is 1.97. The number of hydrogen-bond donors (Lipinski definition) is 0. The van der Waals surface area contributed by atoms with Crippen molar-refractivity contribution in [1.29, 1.82) is 0 Å². The Morgan fingerprint density at radius 3 is 2.20 bits per heavy atom. The molecule has 1 aliphatic heterocycles. The van der Waals surface area contributed by atoms with Crippen molar-refractivity contribution in [2.24, 2.45) is 11.8 Å². The largest absolute Gasteiger partial charge is 0.303 e. The smallest absolute Gasteiger partial charge is 0.000724 e. The zero-order chi connectivity index (χ0) is 7.56. The first-order valence-electron chi connectivity index (χ1n) is 4.24. The predicted octanol–water partition coefficient (Wildman–Crippen LogP) is 1.80. The lowest BCUT2D eigenvalue weighted by atomic mass is 9.92. The molecule has 59 valence electrons. The first-order chi connectivity index (χ1) is 4.72. The standard InChI is InChI=1S/C9H18N/c1-4-10-6-8(2)5-9(3)7-10/h8-9H,1,4-7H2,2-3H3/t8-,9+. The summed E-state index contributed by atoms with van der Waals surface area (Å²) in [4.78, 5) is 2.44. The van der Waals surface area contributed by atoms with Crippen LogP contribution in [0.4, 0.5) is 0 Å². The van der Waals surface area contributed by atoms with E-state index in [4.69, 9.17) is 0 Å². The van der Waals surface area contributed by atoms with Gasteiger partial charge in [0.05, 0.1) is 0 Å². The Hall–Kier alpha value is -0.0400. The number of nitrogens with zero attached hydrogens (tertiary/aromatic N) is 1. The zero-order valence-corrected chi connectivity index (χ0v) is 7.14. The van der Waals surface area contributed by atoms with Crippen molar-refractivity contribution in [1.82, 2.24) is 4.90 Å². The molecule has 0 unspecified atom stereocenters. The van der Waals surface area contributed by atoms with Crippen molar-refractivity contribution in [2.45, 2.75) is 20.3 Å². The van der Waals surface area contributed by atoms with Crippen LogP contribution in [0.3, 0.4) is 0 Å². The Morgan fingerprint density at radius 1 is 1.30 bits per heavy atom. The first-order valence-corrected chi connectivity index (χ1v) is 4.24. The Labute approximate surface area is 64.4 Å². The molecular formula is C9H18N. The maximum absolute atomic E-state index is 3.90. The van der Waals surface area contributed by atoms with Gasteiger partial charge in [0.2, 0.25) is 0 Å². The van der Waals surface area contributed by atoms with Gasteiger partial charge in [-0.05, 0) is 31.7 Å². The van der Waals surface area contributed by atoms with E-state index in [-0.39, 0.29) is 0 Å². The molecule has 1 rings (SSSR count). The molecule has 0 aromatic heterocycles. The zero-order valence-electron chi connectivity index (χ0n) is 7.14. The molecule has 10 heavy (non-hydrogen) atoms. The lowest BCUT2D eigenvalue weighted by Gasteiger charge is -2.33. The second-order valence-corrected chi connectivity index (χ2v) is 3.71. The maximum atomic E-state index is 3.90. The molecule has 0 spiro atoms. The molecule has 0 aliphatic carbocycles. The van der Waals surface area contributed by atoms with Crippen molar-refractivity contribution < 1.29 is 0 Å². The summed E-state index contributed by atoms with van der Waals surface area (Å²) in [6.45, 7) is 12.1. The molecule has 1 aliphatic rings. The highest BCUT2D eigenvalue weighted by Crippen LogP contribution is 2.19. The quantitative estimate of drug-likeness (QED) is 0.537. The lowest BCUT2D eigenvalue weighted by molar-refractivity contribution is 0.154. The molecular weight excluding hydrogens is 122 g/mol. The van der Waals surface area contributed by atoms with Gasteiger partial charge in [0.15, 0.2) is 0 Å². The fraction of sp³-hybridized carbons (Fsp3) is 0.889. The maximum Gasteiger partial charge on any atom is 0.000724 e. The molecule has 1 saturated heterocycles. The van der Waals surface area contributed by atoms with Crippen molar-refractivity contribution in [3.63, 3.8) is 0 Å². The highest BCUT2D eigenvalue weighted by molar-refractivity contribution is 4.74. The van der Waals surface area contributed by atoms with Gasteiger partial charge < -0.3 is 4.90 Å². The summed E-state index contributed by atoms with van der Waals surface area (Å²) in [5.41, 5.74) is 0. The Kier molecular flexibility index (Phi) is 2.72. The van der Waals surface area contributed by atoms with Gasteiger partial charge in [-0.2, -0.15) is 0 Å². The molecule has 1 nitrogen and oxygen atoms in total. The van der Waals surface area contributed by atoms with Crippen LogP contribution in [0.1, 0.15) is 20.3 Å². The van der Waals surface area contributed by atoms with E-state index < -0.39 is 0 Å². The van der Waals surface area contributed by atoms with Crippen LogP contribution in [0.2, 0.25) is 0 Å². The molecule has 0 aromatic rings. The fourth-order valence-corrected chi connectivity index (χ4v) is 1.97. The molecule has 0 saturated carbocycles. The van der Waals surface area contributed by atoms with E-state index in [0.29, 0.717) is 0 Å². The summed E-state index contributed by atoms with van der Waals surface area (Å²) in [7, 11) is 0. The highest BCUT2D eigenvalue weighted by Gasteiger charge is 2.19. The van der Waals surface area contributed by atoms with Crippen LogP contribution >= 0.6 is 0 Å². The van der Waals surface area contributed by atoms with Crippen LogP contribution in [0, 0.1) is 18.8 Å². The third-order valence-electron chi connectivity index (χ3n) is 2.26. The van der Waals surface area contributed by atoms with E-state index in [1.807, 2.05) is 0 Å². The second-order valence-electron chi connectivity index (χ2n) is 3.71. The van der Waals surface area contributed by atoms with Crippen LogP contribution in [0.15, 0.2) is 0 Å². The van der Waals surface area contributed by atoms with E-state index >= 15 is 0 Å². The summed E-state index contributed by atoms with van der Waals surface area (Å²) >= 11 is 0. The van der Waals surface area contributed by atoms with E-state index in [2.05, 4.69) is 25.7 Å². The highest BCUT2D eigenvalue weighted by atomic mass is 15.1. The molecule has 2 atom stereocenters. The molecule has 0 N–H and O–H groups in total. The minimum Gasteiger partial charge on any atom is -0.303 e. The summed E-state index contributed by atoms with van der Waals surface area (Å²) < 4.78 is 0. The van der Waals surface area contributed by atoms with Crippen molar-refractivity contribution in [3.8, 4) is 0 Å². The monoisotopic (exact) mass is 140 g/mol. The van der Waals surface area contributed by atoms with E-state index in [0.717, 1.165) is 18.4 Å². The molecule has 0 amide bonds. The van der Waals surface area contributed by atoms with Crippen molar-refractivity contribution >= 4 is 0 Å². The SMILES string of the molecule is [CH2]CN1C[C@H](C)C[C@H](C)C1. The Bertz CT molecular complexity index is 90.9. The molecule has 1 fully saturated rings. The summed E-state index contributed by atoms with van der Waals surface area (Å²) in [6.07, 6.45) is 1.40. The number of rotatable bonds is 1. The Morgan fingerprint density at radius 2 is 1.80 bits per heavy atom. The average molecular weight is 140 g/mol. The van der Waals surface area contributed by atoms with Crippen LogP contribution in [0.25, 0.3) is 0 Å². The third kappa shape index (κ3) is 1.98. The first kappa shape index (κ1) is 8.06. The molecule has 1 heterocycles. The van der Waals surface area contributed by atoms with Gasteiger partial charge in [0.25, 0.3) is 0 Å². The van der Waals surface area contributed by atoms with Gasteiger partial charge in [-0.15, -0.1) is 0 Å². The minimum absolute atomic E-state index is 0.880. The number of hydrogen-bond acceptors (Lipinski definition) is 1. The number of likely N-dealkylation sites (tertiary alicyclic amines) is 1. The average Bonchev–Trinajstić information content (AvgIpc) is 1.85. The summed E-state index contributed by atoms with van der Waals surface area (Å²) in [5.74, 6) is 1.76. The number of piperidine rings is 1. The van der Waals surface area contributed by atoms with Gasteiger partial charge in [-0.25, -0.2) is 0 Å². The predicted molar refractivity (Wildman–Crippen MR) is 44.7 cm³/mol. The van der Waals surface area contributed by atoms with Gasteiger partial charge in [-0.3, -0.25) is 0 Å². The lowest BCUT2D eigenvalue weighted by Crippen LogP contribution is -2.38. The molecule has 0 aromatic carbocycles. The Balaban J connectivity index is 2.35. The van der Waals surface area contributed by atoms with E-state index in [1.54, 1.807) is 0 Å². The molecule has 1 heteroatoms. The van der Waals surface area contributed by atoms with Crippen molar-refractivity contribution in [3.05, 3.63) is 6.92 Å². The van der Waals surface area contributed by atoms with Crippen LogP contribution < -0.4 is 0 Å². The van der Waals surface area contributed by atoms with Crippen LogP contribution in [0.5, 0.6) is 0 Å². The molecule has 0 bridgehead atoms. The second kappa shape index (κ2) is 3.38. The van der Waals surface area contributed by atoms with Gasteiger partial charge in [-0.1, -0.05) is 13.8 Å². The molecule has 1 radical (unpaired) electrons. The topological polar surface area (TPSA) is 3.24 Å². The summed E-state index contributed by atoms with van der Waals surface area (Å²) in [6, 6.07) is 0. The minimum atomic E-state index is 0.880. The van der Waals surface area contributed by atoms with Crippen molar-refractivity contribution in [2.75, 3.05) is 19.6 Å². The van der Waals surface area contributed by atoms with Gasteiger partial charge >= 0.3 is 0 Å². The van der Waals surface area contributed by atoms with E-state index in [9.17, 15) is 0 Å².